The van der Waals surface area contributed by atoms with Gasteiger partial charge in [-0.05, 0) is 73.6 Å². The van der Waals surface area contributed by atoms with E-state index in [0.717, 1.165) is 6.07 Å². The van der Waals surface area contributed by atoms with E-state index in [4.69, 9.17) is 29.2 Å². The number of carbonyl (C=O) groups is 4. The van der Waals surface area contributed by atoms with E-state index in [1.165, 1.54) is 18.2 Å². The minimum atomic E-state index is -1.25. The van der Waals surface area contributed by atoms with Gasteiger partial charge in [0.15, 0.2) is 0 Å². The average Bonchev–Trinajstić information content (AvgIpc) is 2.78. The molecule has 12 heteroatoms. The number of hydrogen-bond acceptors (Lipinski definition) is 8. The summed E-state index contributed by atoms with van der Waals surface area (Å²) in [5.74, 6) is -4.70. The molecule has 4 N–H and O–H groups in total. The lowest BCUT2D eigenvalue weighted by molar-refractivity contribution is 0.0669. The minimum Gasteiger partial charge on any atom is -0.490 e. The molecule has 236 valence electrons. The van der Waals surface area contributed by atoms with Crippen LogP contribution >= 0.6 is 0 Å². The van der Waals surface area contributed by atoms with Gasteiger partial charge in [0.25, 0.3) is 0 Å². The van der Waals surface area contributed by atoms with Crippen molar-refractivity contribution in [1.29, 1.82) is 0 Å². The molecule has 0 fully saturated rings. The highest BCUT2D eigenvalue weighted by Gasteiger charge is 2.23. The van der Waals surface area contributed by atoms with Crippen LogP contribution in [0, 0.1) is 0 Å². The lowest BCUT2D eigenvalue weighted by Crippen LogP contribution is -2.14. The molecule has 2 rings (SSSR count). The number of benzene rings is 2. The molecule has 0 amide bonds. The summed E-state index contributed by atoms with van der Waals surface area (Å²) in [5, 5.41) is 36.7. The predicted octanol–water partition coefficient (Wildman–Crippen LogP) is 6.59. The summed E-state index contributed by atoms with van der Waals surface area (Å²) in [4.78, 5) is 44.9. The maximum Gasteiger partial charge on any atom is 0.339 e. The van der Waals surface area contributed by atoms with E-state index in [-0.39, 0.29) is 84.5 Å². The highest BCUT2D eigenvalue weighted by molar-refractivity contribution is 5.98. The third-order valence-electron chi connectivity index (χ3n) is 4.54. The molecule has 0 saturated carbocycles. The molecule has 0 bridgehead atoms. The number of ether oxygens (including phenoxy) is 4. The molecule has 0 heterocycles. The summed E-state index contributed by atoms with van der Waals surface area (Å²) in [6.07, 6.45) is -1.02. The first-order valence-electron chi connectivity index (χ1n) is 12.4. The molecule has 0 spiro atoms. The largest absolute Gasteiger partial charge is 0.490 e. The second-order valence-corrected chi connectivity index (χ2v) is 9.58. The van der Waals surface area contributed by atoms with Gasteiger partial charge >= 0.3 is 23.9 Å². The summed E-state index contributed by atoms with van der Waals surface area (Å²) in [6.45, 7) is 13.9. The van der Waals surface area contributed by atoms with Crippen LogP contribution in [-0.4, -0.2) is 68.7 Å². The topological polar surface area (TPSA) is 186 Å². The highest BCUT2D eigenvalue weighted by Crippen LogP contribution is 2.32. The van der Waals surface area contributed by atoms with Gasteiger partial charge in [0, 0.05) is 6.07 Å². The van der Waals surface area contributed by atoms with Crippen LogP contribution < -0.4 is 18.9 Å². The number of carboxylic acids is 4. The second-order valence-electron chi connectivity index (χ2n) is 9.58. The van der Waals surface area contributed by atoms with Crippen LogP contribution in [0.15, 0.2) is 24.3 Å². The van der Waals surface area contributed by atoms with Crippen molar-refractivity contribution < 1.29 is 58.6 Å². The third-order valence-corrected chi connectivity index (χ3v) is 4.54. The van der Waals surface area contributed by atoms with Gasteiger partial charge in [-0.3, -0.25) is 0 Å². The van der Waals surface area contributed by atoms with Gasteiger partial charge in [0.2, 0.25) is 0 Å². The molecule has 0 atom stereocenters. The second kappa shape index (κ2) is 17.4. The summed E-state index contributed by atoms with van der Waals surface area (Å²) in [5.41, 5.74) is -0.655. The Balaban J connectivity index is 0. The van der Waals surface area contributed by atoms with Crippen LogP contribution in [0.5, 0.6) is 23.0 Å². The number of rotatable bonds is 12. The van der Waals surface area contributed by atoms with Crippen LogP contribution in [0.25, 0.3) is 0 Å². The Morgan fingerprint density at radius 1 is 0.429 bits per heavy atom. The highest BCUT2D eigenvalue weighted by atomic mass is 16.5. The number of aromatic carboxylic acids is 4. The zero-order chi connectivity index (χ0) is 30.9. The Kier molecular flexibility index (Phi) is 16.4. The Bertz CT molecular complexity index is 1140. The summed E-state index contributed by atoms with van der Waals surface area (Å²) in [7, 11) is 0. The normalized spacial score (nSPS) is 10.2. The maximum absolute atomic E-state index is 11.2. The van der Waals surface area contributed by atoms with Crippen molar-refractivity contribution in [2.75, 3.05) is 0 Å². The van der Waals surface area contributed by atoms with E-state index < -0.39 is 23.9 Å². The van der Waals surface area contributed by atoms with Crippen molar-refractivity contribution in [3.63, 3.8) is 0 Å². The zero-order valence-electron chi connectivity index (χ0n) is 23.7. The fraction of sp³-hybridized carbons (Fsp3) is 0.467. The van der Waals surface area contributed by atoms with Crippen molar-refractivity contribution in [2.45, 2.75) is 94.7 Å². The van der Waals surface area contributed by atoms with Gasteiger partial charge in [-0.2, -0.15) is 0 Å². The molecule has 42 heavy (non-hydrogen) atoms. The lowest BCUT2D eigenvalue weighted by atomic mass is 10.1. The molecule has 0 unspecified atom stereocenters. The van der Waals surface area contributed by atoms with Crippen molar-refractivity contribution >= 4 is 23.9 Å². The monoisotopic (exact) mass is 596 g/mol. The Morgan fingerprint density at radius 3 is 0.810 bits per heavy atom. The van der Waals surface area contributed by atoms with E-state index >= 15 is 0 Å². The van der Waals surface area contributed by atoms with Crippen molar-refractivity contribution in [3.05, 3.63) is 46.5 Å². The summed E-state index contributed by atoms with van der Waals surface area (Å²) >= 11 is 0. The van der Waals surface area contributed by atoms with E-state index in [9.17, 15) is 29.4 Å². The van der Waals surface area contributed by atoms with Gasteiger partial charge < -0.3 is 39.4 Å². The maximum atomic E-state index is 11.2. The van der Waals surface area contributed by atoms with E-state index in [1.54, 1.807) is 55.4 Å². The van der Waals surface area contributed by atoms with E-state index in [0.29, 0.717) is 0 Å². The molecule has 0 aromatic heterocycles. The smallest absolute Gasteiger partial charge is 0.339 e. The zero-order valence-corrected chi connectivity index (χ0v) is 23.7. The molecular formula is C30H44O12. The standard InChI is InChI=1S/2C14H18O6.2CH4/c1-7(2)19-11-5-10(14(17)18)12(20-8(3)4)6-9(11)13(15)16;1-7(2)19-11-6-12(20-8(3)4)10(14(17)18)5-9(11)13(15)16;;/h2*5-8H,1-4H3,(H,15,16)(H,17,18);2*1H4. The minimum absolute atomic E-state index is 0. The Labute approximate surface area is 246 Å². The van der Waals surface area contributed by atoms with Gasteiger partial charge in [0.1, 0.15) is 45.3 Å². The van der Waals surface area contributed by atoms with Crippen LogP contribution in [-0.2, 0) is 0 Å². The van der Waals surface area contributed by atoms with Crippen LogP contribution in [0.4, 0.5) is 0 Å². The number of carboxylic acid groups (broad SMARTS) is 4. The van der Waals surface area contributed by atoms with Crippen LogP contribution in [0.2, 0.25) is 0 Å². The van der Waals surface area contributed by atoms with Gasteiger partial charge in [-0.1, -0.05) is 14.9 Å². The Hall–Kier alpha value is -4.48. The van der Waals surface area contributed by atoms with Crippen molar-refractivity contribution in [2.24, 2.45) is 0 Å². The molecule has 0 aliphatic rings. The number of hydrogen-bond donors (Lipinski definition) is 4. The molecule has 0 aliphatic heterocycles. The first-order chi connectivity index (χ1) is 18.4. The van der Waals surface area contributed by atoms with E-state index in [1.807, 2.05) is 0 Å². The molecule has 2 aromatic carbocycles. The molecule has 0 radical (unpaired) electrons. The predicted molar refractivity (Wildman–Crippen MR) is 157 cm³/mol. The van der Waals surface area contributed by atoms with Gasteiger partial charge in [-0.25, -0.2) is 19.2 Å². The van der Waals surface area contributed by atoms with Crippen LogP contribution in [0.3, 0.4) is 0 Å². The fourth-order valence-corrected chi connectivity index (χ4v) is 3.20. The molecule has 0 aliphatic carbocycles. The van der Waals surface area contributed by atoms with Gasteiger partial charge in [-0.15, -0.1) is 0 Å². The lowest BCUT2D eigenvalue weighted by Gasteiger charge is -2.17. The molecular weight excluding hydrogens is 552 g/mol. The first kappa shape index (κ1) is 39.7. The first-order valence-corrected chi connectivity index (χ1v) is 12.4. The Morgan fingerprint density at radius 2 is 0.619 bits per heavy atom. The summed E-state index contributed by atoms with van der Waals surface area (Å²) < 4.78 is 21.5. The summed E-state index contributed by atoms with van der Waals surface area (Å²) in [6, 6.07) is 4.74. The fourth-order valence-electron chi connectivity index (χ4n) is 3.20. The molecule has 12 nitrogen and oxygen atoms in total. The quantitative estimate of drug-likeness (QED) is 0.206. The third kappa shape index (κ3) is 11.9. The molecule has 2 aromatic rings. The van der Waals surface area contributed by atoms with Crippen LogP contribution in [0.1, 0.15) is 112 Å². The van der Waals surface area contributed by atoms with Gasteiger partial charge in [0.05, 0.1) is 24.4 Å². The average molecular weight is 597 g/mol. The van der Waals surface area contributed by atoms with Crippen molar-refractivity contribution in [3.8, 4) is 23.0 Å². The van der Waals surface area contributed by atoms with E-state index in [2.05, 4.69) is 0 Å². The molecule has 0 saturated heterocycles. The van der Waals surface area contributed by atoms with Crippen molar-refractivity contribution in [1.82, 2.24) is 0 Å². The SMILES string of the molecule is C.C.CC(C)Oc1cc(C(=O)O)c(OC(C)C)cc1C(=O)O.CC(C)Oc1cc(OC(C)C)c(C(=O)O)cc1C(=O)O.